The van der Waals surface area contributed by atoms with Crippen LogP contribution in [0.3, 0.4) is 0 Å². The fourth-order valence-corrected chi connectivity index (χ4v) is 3.01. The first-order valence-electron chi connectivity index (χ1n) is 7.13. The van der Waals surface area contributed by atoms with Crippen LogP contribution in [0.15, 0.2) is 34.9 Å². The van der Waals surface area contributed by atoms with Gasteiger partial charge >= 0.3 is 6.18 Å². The van der Waals surface area contributed by atoms with E-state index in [9.17, 15) is 13.2 Å². The van der Waals surface area contributed by atoms with Gasteiger partial charge in [0.25, 0.3) is 0 Å². The Bertz CT molecular complexity index is 699. The zero-order chi connectivity index (χ0) is 16.6. The predicted molar refractivity (Wildman–Crippen MR) is 79.5 cm³/mol. The molecular weight excluding hydrogens is 331 g/mol. The number of rotatable bonds is 2. The van der Waals surface area contributed by atoms with Crippen LogP contribution in [-0.4, -0.2) is 18.5 Å². The van der Waals surface area contributed by atoms with Gasteiger partial charge in [0.05, 0.1) is 17.8 Å². The number of alkyl halides is 3. The molecule has 1 atom stereocenters. The summed E-state index contributed by atoms with van der Waals surface area (Å²) in [6.07, 6.45) is -2.99. The highest BCUT2D eigenvalue weighted by atomic mass is 35.5. The second-order valence-corrected chi connectivity index (χ2v) is 5.95. The van der Waals surface area contributed by atoms with Gasteiger partial charge in [-0.2, -0.15) is 13.2 Å². The smallest absolute Gasteiger partial charge is 0.421 e. The molecule has 0 aliphatic carbocycles. The molecule has 0 N–H and O–H groups in total. The van der Waals surface area contributed by atoms with Crippen molar-refractivity contribution in [2.45, 2.75) is 25.2 Å². The molecule has 1 aliphatic rings. The van der Waals surface area contributed by atoms with Crippen LogP contribution in [0.4, 0.5) is 13.2 Å². The number of hydrogen-bond acceptors (Lipinski definition) is 3. The van der Waals surface area contributed by atoms with Crippen LogP contribution in [0, 0.1) is 0 Å². The van der Waals surface area contributed by atoms with Crippen LogP contribution in [0.25, 0.3) is 0 Å². The van der Waals surface area contributed by atoms with E-state index in [1.165, 1.54) is 24.5 Å². The van der Waals surface area contributed by atoms with Crippen molar-refractivity contribution >= 4 is 11.6 Å². The van der Waals surface area contributed by atoms with Gasteiger partial charge < -0.3 is 9.15 Å². The fraction of sp³-hybridized carbons (Fsp3) is 0.375. The summed E-state index contributed by atoms with van der Waals surface area (Å²) >= 11 is 5.74. The number of furan rings is 1. The first-order chi connectivity index (χ1) is 10.9. The number of ether oxygens (including phenoxy) is 1. The molecule has 0 saturated heterocycles. The van der Waals surface area contributed by atoms with Crippen LogP contribution in [0.1, 0.15) is 29.4 Å². The van der Waals surface area contributed by atoms with Gasteiger partial charge in [-0.15, -0.1) is 0 Å². The molecular formula is C16H15ClF3NO2. The van der Waals surface area contributed by atoms with E-state index in [1.54, 1.807) is 6.07 Å². The Hall–Kier alpha value is -1.66. The molecule has 1 unspecified atom stereocenters. The van der Waals surface area contributed by atoms with Gasteiger partial charge in [0.15, 0.2) is 0 Å². The lowest BCUT2D eigenvalue weighted by Crippen LogP contribution is -2.18. The maximum Gasteiger partial charge on any atom is 0.421 e. The first kappa shape index (κ1) is 16.2. The third-order valence-corrected chi connectivity index (χ3v) is 4.16. The maximum absolute atomic E-state index is 13.3. The van der Waals surface area contributed by atoms with Crippen molar-refractivity contribution in [2.24, 2.45) is 0 Å². The van der Waals surface area contributed by atoms with Crippen molar-refractivity contribution in [1.29, 1.82) is 0 Å². The summed E-state index contributed by atoms with van der Waals surface area (Å²) in [6, 6.07) is 5.70. The van der Waals surface area contributed by atoms with Crippen LogP contribution in [-0.2, 0) is 12.7 Å². The summed E-state index contributed by atoms with van der Waals surface area (Å²) in [5.74, 6) is 0.456. The quantitative estimate of drug-likeness (QED) is 0.773. The lowest BCUT2D eigenvalue weighted by Gasteiger charge is -2.21. The van der Waals surface area contributed by atoms with Gasteiger partial charge in [0.2, 0.25) is 0 Å². The minimum atomic E-state index is -4.57. The van der Waals surface area contributed by atoms with Crippen molar-refractivity contribution in [3.05, 3.63) is 52.4 Å². The predicted octanol–water partition coefficient (Wildman–Crippen LogP) is 4.91. The molecule has 1 aromatic carbocycles. The molecule has 0 bridgehead atoms. The molecule has 23 heavy (non-hydrogen) atoms. The molecule has 0 spiro atoms. The Morgan fingerprint density at radius 2 is 2.09 bits per heavy atom. The molecule has 3 rings (SSSR count). The monoisotopic (exact) mass is 345 g/mol. The highest BCUT2D eigenvalue weighted by Gasteiger charge is 2.38. The van der Waals surface area contributed by atoms with Crippen molar-refractivity contribution in [2.75, 3.05) is 13.6 Å². The SMILES string of the molecule is CN1CCC(Oc2cccc(Cl)c2C(F)(F)F)c2ccoc2C1. The van der Waals surface area contributed by atoms with Gasteiger partial charge in [-0.1, -0.05) is 17.7 Å². The van der Waals surface area contributed by atoms with Crippen molar-refractivity contribution in [1.82, 2.24) is 4.90 Å². The normalized spacial score (nSPS) is 19.3. The third-order valence-electron chi connectivity index (χ3n) is 3.84. The minimum Gasteiger partial charge on any atom is -0.485 e. The number of halogens is 4. The van der Waals surface area contributed by atoms with Gasteiger partial charge in [0, 0.05) is 18.5 Å². The van der Waals surface area contributed by atoms with Gasteiger partial charge in [0.1, 0.15) is 23.2 Å². The Balaban J connectivity index is 1.96. The largest absolute Gasteiger partial charge is 0.485 e. The zero-order valence-corrected chi connectivity index (χ0v) is 13.1. The van der Waals surface area contributed by atoms with E-state index in [4.69, 9.17) is 20.8 Å². The summed E-state index contributed by atoms with van der Waals surface area (Å²) in [6.45, 7) is 1.29. The third kappa shape index (κ3) is 3.33. The van der Waals surface area contributed by atoms with Crippen LogP contribution >= 0.6 is 11.6 Å². The van der Waals surface area contributed by atoms with E-state index in [2.05, 4.69) is 0 Å². The number of hydrogen-bond donors (Lipinski definition) is 0. The van der Waals surface area contributed by atoms with E-state index >= 15 is 0 Å². The van der Waals surface area contributed by atoms with E-state index in [0.717, 1.165) is 5.56 Å². The zero-order valence-electron chi connectivity index (χ0n) is 12.4. The molecule has 2 heterocycles. The standard InChI is InChI=1S/C16H15ClF3NO2/c1-21-7-5-12(10-6-8-22-14(10)9-21)23-13-4-2-3-11(17)15(13)16(18,19)20/h2-4,6,8,12H,5,7,9H2,1H3. The lowest BCUT2D eigenvalue weighted by atomic mass is 10.1. The van der Waals surface area contributed by atoms with Crippen LogP contribution < -0.4 is 4.74 Å². The van der Waals surface area contributed by atoms with Crippen molar-refractivity contribution < 1.29 is 22.3 Å². The van der Waals surface area contributed by atoms with Crippen LogP contribution in [0.5, 0.6) is 5.75 Å². The lowest BCUT2D eigenvalue weighted by molar-refractivity contribution is -0.139. The Morgan fingerprint density at radius 3 is 2.83 bits per heavy atom. The minimum absolute atomic E-state index is 0.258. The van der Waals surface area contributed by atoms with Gasteiger partial charge in [-0.25, -0.2) is 0 Å². The van der Waals surface area contributed by atoms with E-state index in [0.29, 0.717) is 25.3 Å². The second kappa shape index (κ2) is 6.09. The Kier molecular flexibility index (Phi) is 4.29. The second-order valence-electron chi connectivity index (χ2n) is 5.54. The summed E-state index contributed by atoms with van der Waals surface area (Å²) < 4.78 is 50.9. The van der Waals surface area contributed by atoms with Gasteiger partial charge in [-0.3, -0.25) is 4.90 Å². The van der Waals surface area contributed by atoms with E-state index < -0.39 is 17.8 Å². The average molecular weight is 346 g/mol. The first-order valence-corrected chi connectivity index (χ1v) is 7.51. The topological polar surface area (TPSA) is 25.6 Å². The maximum atomic E-state index is 13.3. The van der Waals surface area contributed by atoms with Crippen LogP contribution in [0.2, 0.25) is 5.02 Å². The molecule has 3 nitrogen and oxygen atoms in total. The molecule has 0 saturated carbocycles. The summed E-state index contributed by atoms with van der Waals surface area (Å²) in [7, 11) is 1.93. The fourth-order valence-electron chi connectivity index (χ4n) is 2.74. The van der Waals surface area contributed by atoms with Crippen molar-refractivity contribution in [3.8, 4) is 5.75 Å². The Labute approximate surface area is 136 Å². The summed E-state index contributed by atoms with van der Waals surface area (Å²) in [4.78, 5) is 2.04. The average Bonchev–Trinajstić information content (AvgIpc) is 2.84. The summed E-state index contributed by atoms with van der Waals surface area (Å²) in [5.41, 5.74) is -0.160. The molecule has 1 aliphatic heterocycles. The molecule has 0 radical (unpaired) electrons. The van der Waals surface area contributed by atoms with Gasteiger partial charge in [-0.05, 0) is 25.2 Å². The number of benzene rings is 1. The highest BCUT2D eigenvalue weighted by Crippen LogP contribution is 2.43. The molecule has 0 fully saturated rings. The molecule has 2 aromatic rings. The number of nitrogens with zero attached hydrogens (tertiary/aromatic N) is 1. The number of fused-ring (bicyclic) bond motifs is 1. The Morgan fingerprint density at radius 1 is 1.30 bits per heavy atom. The molecule has 7 heteroatoms. The van der Waals surface area contributed by atoms with E-state index in [1.807, 2.05) is 11.9 Å². The molecule has 124 valence electrons. The van der Waals surface area contributed by atoms with E-state index in [-0.39, 0.29) is 10.8 Å². The molecule has 0 amide bonds. The molecule has 1 aromatic heterocycles. The highest BCUT2D eigenvalue weighted by molar-refractivity contribution is 6.31. The van der Waals surface area contributed by atoms with Crippen molar-refractivity contribution in [3.63, 3.8) is 0 Å². The summed E-state index contributed by atoms with van der Waals surface area (Å²) in [5, 5.41) is -0.367.